The summed E-state index contributed by atoms with van der Waals surface area (Å²) in [4.78, 5) is 10.2. The van der Waals surface area contributed by atoms with Crippen LogP contribution >= 0.6 is 0 Å². The van der Waals surface area contributed by atoms with Crippen molar-refractivity contribution >= 4 is 17.1 Å². The Morgan fingerprint density at radius 2 is 2.10 bits per heavy atom. The average molecular weight is 158 g/mol. The molecule has 0 aliphatic carbocycles. The van der Waals surface area contributed by atoms with E-state index in [-0.39, 0.29) is 0 Å². The van der Waals surface area contributed by atoms with Gasteiger partial charge in [-0.05, 0) is 0 Å². The highest BCUT2D eigenvalue weighted by molar-refractivity contribution is 7.86. The zero-order valence-corrected chi connectivity index (χ0v) is 6.47. The number of hydrogen-bond donors (Lipinski definition) is 0. The van der Waals surface area contributed by atoms with E-state index in [1.54, 1.807) is 0 Å². The zero-order chi connectivity index (χ0) is 7.98. The normalized spacial score (nSPS) is 15.2. The minimum atomic E-state index is -1.16. The SMILES string of the molecule is C=CCS(=O)C(C=C)C=O. The molecule has 56 valence electrons. The summed E-state index contributed by atoms with van der Waals surface area (Å²) in [5.41, 5.74) is 0. The van der Waals surface area contributed by atoms with Gasteiger partial charge in [-0.1, -0.05) is 12.2 Å². The molecule has 0 saturated heterocycles. The maximum Gasteiger partial charge on any atom is 0.139 e. The predicted octanol–water partition coefficient (Wildman–Crippen LogP) is 0.675. The molecule has 3 heteroatoms. The van der Waals surface area contributed by atoms with Crippen molar-refractivity contribution < 1.29 is 9.00 Å². The van der Waals surface area contributed by atoms with Crippen LogP contribution in [0, 0.1) is 0 Å². The van der Waals surface area contributed by atoms with Gasteiger partial charge in [0.25, 0.3) is 0 Å². The smallest absolute Gasteiger partial charge is 0.139 e. The van der Waals surface area contributed by atoms with Crippen LogP contribution in [0.1, 0.15) is 0 Å². The Morgan fingerprint density at radius 1 is 1.50 bits per heavy atom. The van der Waals surface area contributed by atoms with Gasteiger partial charge < -0.3 is 4.79 Å². The molecule has 2 unspecified atom stereocenters. The molecule has 0 aliphatic heterocycles. The Bertz CT molecular complexity index is 155. The Labute approximate surface area is 63.1 Å². The number of carbonyl (C=O) groups excluding carboxylic acids is 1. The summed E-state index contributed by atoms with van der Waals surface area (Å²) in [6.07, 6.45) is 3.54. The van der Waals surface area contributed by atoms with E-state index in [0.29, 0.717) is 12.0 Å². The van der Waals surface area contributed by atoms with Crippen molar-refractivity contribution in [2.24, 2.45) is 0 Å². The maximum atomic E-state index is 10.9. The average Bonchev–Trinajstić information content (AvgIpc) is 1.91. The lowest BCUT2D eigenvalue weighted by Gasteiger charge is -1.99. The van der Waals surface area contributed by atoms with Gasteiger partial charge in [-0.25, -0.2) is 0 Å². The van der Waals surface area contributed by atoms with Gasteiger partial charge in [-0.3, -0.25) is 4.21 Å². The minimum absolute atomic E-state index is 0.343. The van der Waals surface area contributed by atoms with Crippen molar-refractivity contribution in [3.8, 4) is 0 Å². The molecule has 0 aromatic heterocycles. The second-order valence-electron chi connectivity index (χ2n) is 1.67. The van der Waals surface area contributed by atoms with Crippen molar-refractivity contribution in [1.82, 2.24) is 0 Å². The topological polar surface area (TPSA) is 34.1 Å². The van der Waals surface area contributed by atoms with Crippen molar-refractivity contribution in [2.45, 2.75) is 5.25 Å². The van der Waals surface area contributed by atoms with E-state index in [2.05, 4.69) is 13.2 Å². The lowest BCUT2D eigenvalue weighted by atomic mass is 10.5. The molecule has 10 heavy (non-hydrogen) atoms. The predicted molar refractivity (Wildman–Crippen MR) is 43.3 cm³/mol. The third-order valence-corrected chi connectivity index (χ3v) is 2.43. The molecule has 0 bridgehead atoms. The number of rotatable bonds is 5. The number of aldehydes is 1. The van der Waals surface area contributed by atoms with Gasteiger partial charge in [-0.15, -0.1) is 13.2 Å². The van der Waals surface area contributed by atoms with E-state index in [0.717, 1.165) is 0 Å². The van der Waals surface area contributed by atoms with Crippen LogP contribution in [0.4, 0.5) is 0 Å². The lowest BCUT2D eigenvalue weighted by molar-refractivity contribution is -0.106. The summed E-state index contributed by atoms with van der Waals surface area (Å²) in [5.74, 6) is 0.343. The first kappa shape index (κ1) is 9.30. The molecular weight excluding hydrogens is 148 g/mol. The van der Waals surface area contributed by atoms with Crippen molar-refractivity contribution in [3.63, 3.8) is 0 Å². The van der Waals surface area contributed by atoms with Crippen LogP contribution in [0.2, 0.25) is 0 Å². The molecule has 2 nitrogen and oxygen atoms in total. The van der Waals surface area contributed by atoms with E-state index in [1.165, 1.54) is 12.2 Å². The van der Waals surface area contributed by atoms with E-state index in [4.69, 9.17) is 0 Å². The lowest BCUT2D eigenvalue weighted by Crippen LogP contribution is -2.15. The highest BCUT2D eigenvalue weighted by Crippen LogP contribution is 1.94. The molecule has 0 aromatic rings. The largest absolute Gasteiger partial charge is 0.302 e. The highest BCUT2D eigenvalue weighted by atomic mass is 32.2. The van der Waals surface area contributed by atoms with E-state index in [9.17, 15) is 9.00 Å². The van der Waals surface area contributed by atoms with Gasteiger partial charge in [0.2, 0.25) is 0 Å². The van der Waals surface area contributed by atoms with Gasteiger partial charge in [-0.2, -0.15) is 0 Å². The van der Waals surface area contributed by atoms with Crippen molar-refractivity contribution in [2.75, 3.05) is 5.75 Å². The van der Waals surface area contributed by atoms with Crippen LogP contribution in [-0.2, 0) is 15.6 Å². The Morgan fingerprint density at radius 3 is 2.40 bits per heavy atom. The van der Waals surface area contributed by atoms with Crippen LogP contribution in [0.5, 0.6) is 0 Å². The van der Waals surface area contributed by atoms with Gasteiger partial charge in [0.05, 0.1) is 0 Å². The summed E-state index contributed by atoms with van der Waals surface area (Å²) in [7, 11) is -1.16. The molecule has 0 radical (unpaired) electrons. The van der Waals surface area contributed by atoms with E-state index < -0.39 is 16.0 Å². The first-order valence-corrected chi connectivity index (χ1v) is 4.20. The van der Waals surface area contributed by atoms with Crippen LogP contribution in [0.15, 0.2) is 25.3 Å². The summed E-state index contributed by atoms with van der Waals surface area (Å²) < 4.78 is 10.9. The van der Waals surface area contributed by atoms with Crippen LogP contribution < -0.4 is 0 Å². The van der Waals surface area contributed by atoms with Crippen LogP contribution in [0.3, 0.4) is 0 Å². The highest BCUT2D eigenvalue weighted by Gasteiger charge is 2.08. The number of carbonyl (C=O) groups is 1. The molecular formula is C7H10O2S. The molecule has 0 saturated carbocycles. The zero-order valence-electron chi connectivity index (χ0n) is 5.66. The monoisotopic (exact) mass is 158 g/mol. The third-order valence-electron chi connectivity index (χ3n) is 0.952. The second kappa shape index (κ2) is 5.11. The van der Waals surface area contributed by atoms with Gasteiger partial charge in [0.15, 0.2) is 0 Å². The molecule has 0 spiro atoms. The standard InChI is InChI=1S/C7H10O2S/c1-3-5-10(9)7(4-2)6-8/h3-4,6-7H,1-2,5H2. The summed E-state index contributed by atoms with van der Waals surface area (Å²) in [5, 5.41) is -0.544. The molecule has 0 heterocycles. The van der Waals surface area contributed by atoms with Gasteiger partial charge >= 0.3 is 0 Å². The Balaban J connectivity index is 4.00. The molecule has 0 aromatic carbocycles. The summed E-state index contributed by atoms with van der Waals surface area (Å²) in [6.45, 7) is 6.78. The fourth-order valence-corrected chi connectivity index (χ4v) is 1.25. The molecule has 0 fully saturated rings. The molecule has 0 N–H and O–H groups in total. The molecule has 0 amide bonds. The fourth-order valence-electron chi connectivity index (χ4n) is 0.452. The van der Waals surface area contributed by atoms with Crippen molar-refractivity contribution in [3.05, 3.63) is 25.3 Å². The van der Waals surface area contributed by atoms with E-state index >= 15 is 0 Å². The van der Waals surface area contributed by atoms with E-state index in [1.807, 2.05) is 0 Å². The minimum Gasteiger partial charge on any atom is -0.302 e. The number of hydrogen-bond acceptors (Lipinski definition) is 2. The maximum absolute atomic E-state index is 10.9. The van der Waals surface area contributed by atoms with Gasteiger partial charge in [0.1, 0.15) is 11.5 Å². The summed E-state index contributed by atoms with van der Waals surface area (Å²) in [6, 6.07) is 0. The van der Waals surface area contributed by atoms with Crippen LogP contribution in [-0.4, -0.2) is 21.5 Å². The quantitative estimate of drug-likeness (QED) is 0.435. The molecule has 0 aliphatic rings. The first-order chi connectivity index (χ1) is 4.76. The van der Waals surface area contributed by atoms with Gasteiger partial charge in [0, 0.05) is 16.6 Å². The van der Waals surface area contributed by atoms with Crippen LogP contribution in [0.25, 0.3) is 0 Å². The molecule has 0 rings (SSSR count). The third kappa shape index (κ3) is 2.73. The Hall–Kier alpha value is -0.700. The fraction of sp³-hybridized carbons (Fsp3) is 0.286. The Kier molecular flexibility index (Phi) is 4.76. The second-order valence-corrected chi connectivity index (χ2v) is 3.31. The summed E-state index contributed by atoms with van der Waals surface area (Å²) >= 11 is 0. The van der Waals surface area contributed by atoms with Crippen molar-refractivity contribution in [1.29, 1.82) is 0 Å². The first-order valence-electron chi connectivity index (χ1n) is 2.82. The molecule has 2 atom stereocenters.